The molecule has 0 aromatic rings. The molecule has 0 fully saturated rings. The fraction of sp³-hybridized carbons (Fsp3) is 0.817. The van der Waals surface area contributed by atoms with Gasteiger partial charge in [0.05, 0.1) is 19.8 Å². The Labute approximate surface area is 441 Å². The molecule has 0 spiro atoms. The second-order valence-electron chi connectivity index (χ2n) is 19.8. The third-order valence-corrected chi connectivity index (χ3v) is 13.7. The number of carbonyl (C=O) groups is 3. The normalized spacial score (nSPS) is 13.7. The molecule has 0 saturated carbocycles. The molecule has 0 aromatic heterocycles. The van der Waals surface area contributed by atoms with E-state index in [0.717, 1.165) is 103 Å². The third-order valence-electron chi connectivity index (χ3n) is 12.8. The summed E-state index contributed by atoms with van der Waals surface area (Å²) in [5.41, 5.74) is 0. The van der Waals surface area contributed by atoms with E-state index in [1.165, 1.54) is 116 Å². The molecule has 0 aromatic carbocycles. The van der Waals surface area contributed by atoms with E-state index in [9.17, 15) is 28.9 Å². The Morgan fingerprint density at radius 3 is 1.11 bits per heavy atom. The van der Waals surface area contributed by atoms with E-state index in [2.05, 4.69) is 69.4 Å². The smallest absolute Gasteiger partial charge is 0.462 e. The maximum Gasteiger partial charge on any atom is 0.472 e. The van der Waals surface area contributed by atoms with Gasteiger partial charge in [-0.3, -0.25) is 23.4 Å². The molecule has 0 aliphatic carbocycles. The van der Waals surface area contributed by atoms with Crippen LogP contribution in [0.4, 0.5) is 0 Å². The molecule has 0 amide bonds. The van der Waals surface area contributed by atoms with Crippen LogP contribution in [0.5, 0.6) is 0 Å². The number of aliphatic hydroxyl groups is 1. The van der Waals surface area contributed by atoms with Gasteiger partial charge >= 0.3 is 25.7 Å². The van der Waals surface area contributed by atoms with Crippen LogP contribution in [0, 0.1) is 0 Å². The van der Waals surface area contributed by atoms with Crippen molar-refractivity contribution in [3.63, 3.8) is 0 Å². The fourth-order valence-corrected chi connectivity index (χ4v) is 9.07. The van der Waals surface area contributed by atoms with Crippen molar-refractivity contribution < 1.29 is 52.2 Å². The molecule has 11 nitrogen and oxygen atoms in total. The minimum absolute atomic E-state index is 0.154. The maximum absolute atomic E-state index is 12.9. The van der Waals surface area contributed by atoms with Crippen LogP contribution in [0.15, 0.2) is 48.6 Å². The maximum atomic E-state index is 12.9. The molecule has 72 heavy (non-hydrogen) atoms. The van der Waals surface area contributed by atoms with E-state index >= 15 is 0 Å². The largest absolute Gasteiger partial charge is 0.472 e. The molecule has 0 aliphatic heterocycles. The highest BCUT2D eigenvalue weighted by Crippen LogP contribution is 2.43. The molecule has 3 atom stereocenters. The number of rotatable bonds is 55. The van der Waals surface area contributed by atoms with Crippen molar-refractivity contribution in [2.24, 2.45) is 0 Å². The number of phosphoric acid groups is 1. The van der Waals surface area contributed by atoms with Crippen molar-refractivity contribution in [1.82, 2.24) is 0 Å². The first-order valence-electron chi connectivity index (χ1n) is 29.5. The van der Waals surface area contributed by atoms with Gasteiger partial charge in [0.25, 0.3) is 0 Å². The first-order chi connectivity index (χ1) is 35.2. The number of ether oxygens (including phenoxy) is 3. The van der Waals surface area contributed by atoms with Crippen LogP contribution in [0.1, 0.15) is 278 Å². The highest BCUT2D eigenvalue weighted by Gasteiger charge is 2.28. The number of unbranched alkanes of at least 4 members (excludes halogenated alkanes) is 30. The predicted molar refractivity (Wildman–Crippen MR) is 298 cm³/mol. The van der Waals surface area contributed by atoms with Crippen LogP contribution in [0.3, 0.4) is 0 Å². The number of esters is 3. The lowest BCUT2D eigenvalue weighted by Crippen LogP contribution is -2.30. The predicted octanol–water partition coefficient (Wildman–Crippen LogP) is 17.4. The number of aliphatic hydroxyl groups excluding tert-OH is 1. The number of phosphoric ester groups is 1. The van der Waals surface area contributed by atoms with Gasteiger partial charge in [-0.1, -0.05) is 249 Å². The Hall–Kier alpha value is -2.56. The Morgan fingerprint density at radius 2 is 0.722 bits per heavy atom. The zero-order valence-electron chi connectivity index (χ0n) is 46.4. The molecular formula is C60H109O11P. The fourth-order valence-electron chi connectivity index (χ4n) is 8.29. The summed E-state index contributed by atoms with van der Waals surface area (Å²) in [6.45, 7) is 4.53. The van der Waals surface area contributed by atoms with Crippen molar-refractivity contribution >= 4 is 25.7 Å². The summed E-state index contributed by atoms with van der Waals surface area (Å²) in [4.78, 5) is 48.5. The second-order valence-corrected chi connectivity index (χ2v) is 21.2. The highest BCUT2D eigenvalue weighted by atomic mass is 31.2. The zero-order valence-corrected chi connectivity index (χ0v) is 47.3. The molecular weight excluding hydrogens is 928 g/mol. The van der Waals surface area contributed by atoms with E-state index in [1.54, 1.807) is 0 Å². The van der Waals surface area contributed by atoms with Gasteiger partial charge < -0.3 is 24.2 Å². The molecule has 3 unspecified atom stereocenters. The van der Waals surface area contributed by atoms with Crippen molar-refractivity contribution in [2.45, 2.75) is 290 Å². The lowest BCUT2D eigenvalue weighted by atomic mass is 10.0. The second kappa shape index (κ2) is 54.7. The summed E-state index contributed by atoms with van der Waals surface area (Å²) in [6.07, 6.45) is 57.9. The molecule has 420 valence electrons. The Bertz CT molecular complexity index is 1400. The van der Waals surface area contributed by atoms with Gasteiger partial charge in [0, 0.05) is 19.3 Å². The lowest BCUT2D eigenvalue weighted by Gasteiger charge is -2.21. The van der Waals surface area contributed by atoms with Crippen molar-refractivity contribution in [1.29, 1.82) is 0 Å². The highest BCUT2D eigenvalue weighted by molar-refractivity contribution is 7.47. The molecule has 0 aliphatic rings. The van der Waals surface area contributed by atoms with Gasteiger partial charge in [-0.15, -0.1) is 0 Å². The topological polar surface area (TPSA) is 155 Å². The molecule has 0 bridgehead atoms. The van der Waals surface area contributed by atoms with Gasteiger partial charge in [-0.25, -0.2) is 4.57 Å². The number of carbonyl (C=O) groups excluding carboxylic acids is 3. The minimum Gasteiger partial charge on any atom is -0.462 e. The van der Waals surface area contributed by atoms with Crippen LogP contribution in [-0.2, 0) is 42.2 Å². The Kier molecular flexibility index (Phi) is 52.7. The Balaban J connectivity index is 4.61. The summed E-state index contributed by atoms with van der Waals surface area (Å²) in [7, 11) is -4.74. The van der Waals surface area contributed by atoms with Gasteiger partial charge in [0.2, 0.25) is 0 Å². The van der Waals surface area contributed by atoms with Crippen LogP contribution >= 0.6 is 7.82 Å². The van der Waals surface area contributed by atoms with E-state index in [1.807, 2.05) is 0 Å². The summed E-state index contributed by atoms with van der Waals surface area (Å²) < 4.78 is 39.5. The third kappa shape index (κ3) is 52.3. The number of allylic oxidation sites excluding steroid dienone is 8. The zero-order chi connectivity index (χ0) is 52.7. The van der Waals surface area contributed by atoms with Crippen molar-refractivity contribution in [3.8, 4) is 0 Å². The first kappa shape index (κ1) is 69.4. The van der Waals surface area contributed by atoms with Crippen LogP contribution in [0.25, 0.3) is 0 Å². The summed E-state index contributed by atoms with van der Waals surface area (Å²) in [5.74, 6) is -1.47. The van der Waals surface area contributed by atoms with Crippen molar-refractivity contribution in [3.05, 3.63) is 48.6 Å². The van der Waals surface area contributed by atoms with Gasteiger partial charge in [-0.05, 0) is 57.8 Å². The van der Waals surface area contributed by atoms with E-state index < -0.39 is 57.8 Å². The van der Waals surface area contributed by atoms with Crippen LogP contribution < -0.4 is 0 Å². The van der Waals surface area contributed by atoms with Crippen LogP contribution in [0.2, 0.25) is 0 Å². The monoisotopic (exact) mass is 1040 g/mol. The molecule has 0 saturated heterocycles. The van der Waals surface area contributed by atoms with Gasteiger partial charge in [-0.2, -0.15) is 0 Å². The van der Waals surface area contributed by atoms with Crippen molar-refractivity contribution in [2.75, 3.05) is 26.4 Å². The lowest BCUT2D eigenvalue weighted by molar-refractivity contribution is -0.161. The summed E-state index contributed by atoms with van der Waals surface area (Å²) >= 11 is 0. The van der Waals surface area contributed by atoms with Gasteiger partial charge in [0.15, 0.2) is 6.10 Å². The van der Waals surface area contributed by atoms with Crippen LogP contribution in [-0.4, -0.2) is 66.5 Å². The average molecular weight is 1040 g/mol. The van der Waals surface area contributed by atoms with E-state index in [0.29, 0.717) is 19.3 Å². The SMILES string of the molecule is CC/C=C\C/C=C\C/C=C\C/C=C\CCCCCCCCC(=O)OC(COC(=O)CCCCCCCCCCC)COP(=O)(O)OCC(CO)OC(=O)CCCCCCCCCCCCCCCCCCC. The molecule has 0 rings (SSSR count). The number of hydrogen-bond acceptors (Lipinski definition) is 10. The molecule has 0 heterocycles. The standard InChI is InChI=1S/C60H109O11P/c1-4-7-10-13-16-19-21-23-25-27-28-30-32-34-36-39-42-45-48-51-60(64)71-57(53-67-58(62)49-46-43-40-37-18-15-12-9-6-3)55-69-72(65,66)68-54-56(52-61)70-59(63)50-47-44-41-38-35-33-31-29-26-24-22-20-17-14-11-8-5-2/h7,10,16,19,23,25,28,30,56-57,61H,4-6,8-9,11-15,17-18,20-22,24,26-27,29,31-55H2,1-3H3,(H,65,66)/b10-7-,19-16-,25-23-,30-28-. The summed E-state index contributed by atoms with van der Waals surface area (Å²) in [6, 6.07) is 0. The average Bonchev–Trinajstić information content (AvgIpc) is 3.37. The van der Waals surface area contributed by atoms with E-state index in [-0.39, 0.29) is 25.9 Å². The molecule has 12 heteroatoms. The number of hydrogen-bond donors (Lipinski definition) is 2. The van der Waals surface area contributed by atoms with E-state index in [4.69, 9.17) is 23.3 Å². The molecule has 2 N–H and O–H groups in total. The summed E-state index contributed by atoms with van der Waals surface area (Å²) in [5, 5.41) is 9.82. The first-order valence-corrected chi connectivity index (χ1v) is 31.0. The van der Waals surface area contributed by atoms with Gasteiger partial charge in [0.1, 0.15) is 12.7 Å². The Morgan fingerprint density at radius 1 is 0.403 bits per heavy atom. The quantitative estimate of drug-likeness (QED) is 0.0197. The molecule has 0 radical (unpaired) electrons. The minimum atomic E-state index is -4.74.